The van der Waals surface area contributed by atoms with Crippen LogP contribution in [0, 0.1) is 0 Å². The van der Waals surface area contributed by atoms with E-state index in [1.165, 1.54) is 37.7 Å². The van der Waals surface area contributed by atoms with Crippen LogP contribution in [0.3, 0.4) is 0 Å². The van der Waals surface area contributed by atoms with Crippen LogP contribution in [-0.4, -0.2) is 12.6 Å². The van der Waals surface area contributed by atoms with Crippen LogP contribution in [0.1, 0.15) is 44.6 Å². The van der Waals surface area contributed by atoms with Crippen LogP contribution < -0.4 is 10.1 Å². The van der Waals surface area contributed by atoms with Crippen LogP contribution in [0.4, 0.5) is 0 Å². The molecule has 0 aliphatic heterocycles. The zero-order valence-corrected chi connectivity index (χ0v) is 13.9. The molecule has 19 heavy (non-hydrogen) atoms. The molecule has 1 aliphatic carbocycles. The normalized spacial score (nSPS) is 15.9. The van der Waals surface area contributed by atoms with Crippen molar-refractivity contribution in [1.29, 1.82) is 0 Å². The summed E-state index contributed by atoms with van der Waals surface area (Å²) in [5.41, 5.74) is 1.32. The van der Waals surface area contributed by atoms with Crippen molar-refractivity contribution >= 4 is 28.3 Å². The standard InChI is InChI=1S/C15H22BrNO.ClH/c1-2-18-15-9-8-12(10-14(15)16)11-17-13-6-4-3-5-7-13;/h8-10,13,17H,2-7,11H2,1H3;1H. The molecule has 0 spiro atoms. The SMILES string of the molecule is CCOc1ccc(CNC2CCCCC2)cc1Br.Cl. The summed E-state index contributed by atoms with van der Waals surface area (Å²) in [7, 11) is 0. The number of hydrogen-bond donors (Lipinski definition) is 1. The molecule has 4 heteroatoms. The molecule has 1 aliphatic rings. The minimum absolute atomic E-state index is 0. The van der Waals surface area contributed by atoms with E-state index in [0.717, 1.165) is 16.8 Å². The molecule has 1 fully saturated rings. The lowest BCUT2D eigenvalue weighted by molar-refractivity contribution is 0.338. The zero-order chi connectivity index (χ0) is 12.8. The van der Waals surface area contributed by atoms with Gasteiger partial charge in [0, 0.05) is 12.6 Å². The second-order valence-corrected chi connectivity index (χ2v) is 5.77. The minimum Gasteiger partial charge on any atom is -0.493 e. The number of rotatable bonds is 5. The third-order valence-corrected chi connectivity index (χ3v) is 4.12. The number of benzene rings is 1. The van der Waals surface area contributed by atoms with E-state index < -0.39 is 0 Å². The molecule has 1 aromatic carbocycles. The van der Waals surface area contributed by atoms with Crippen LogP contribution in [0.15, 0.2) is 22.7 Å². The van der Waals surface area contributed by atoms with Crippen molar-refractivity contribution < 1.29 is 4.74 Å². The van der Waals surface area contributed by atoms with Gasteiger partial charge in [-0.25, -0.2) is 0 Å². The van der Waals surface area contributed by atoms with Crippen molar-refractivity contribution in [3.63, 3.8) is 0 Å². The Balaban J connectivity index is 0.00000180. The highest BCUT2D eigenvalue weighted by Crippen LogP contribution is 2.26. The predicted octanol–water partition coefficient (Wildman–Crippen LogP) is 4.69. The summed E-state index contributed by atoms with van der Waals surface area (Å²) >= 11 is 3.56. The van der Waals surface area contributed by atoms with E-state index in [0.29, 0.717) is 12.6 Å². The van der Waals surface area contributed by atoms with Gasteiger partial charge in [0.05, 0.1) is 11.1 Å². The van der Waals surface area contributed by atoms with Crippen molar-refractivity contribution in [2.45, 2.75) is 51.6 Å². The molecule has 0 bridgehead atoms. The molecule has 0 radical (unpaired) electrons. The van der Waals surface area contributed by atoms with Gasteiger partial charge in [0.1, 0.15) is 5.75 Å². The number of ether oxygens (including phenoxy) is 1. The minimum atomic E-state index is 0. The summed E-state index contributed by atoms with van der Waals surface area (Å²) in [5, 5.41) is 3.65. The summed E-state index contributed by atoms with van der Waals surface area (Å²) < 4.78 is 6.57. The Kier molecular flexibility index (Phi) is 7.81. The highest BCUT2D eigenvalue weighted by atomic mass is 79.9. The summed E-state index contributed by atoms with van der Waals surface area (Å²) in [5.74, 6) is 0.930. The molecule has 0 amide bonds. The summed E-state index contributed by atoms with van der Waals surface area (Å²) in [4.78, 5) is 0. The molecule has 108 valence electrons. The number of nitrogens with one attached hydrogen (secondary N) is 1. The van der Waals surface area contributed by atoms with Crippen LogP contribution in [0.2, 0.25) is 0 Å². The molecule has 2 nitrogen and oxygen atoms in total. The topological polar surface area (TPSA) is 21.3 Å². The van der Waals surface area contributed by atoms with Crippen LogP contribution in [-0.2, 0) is 6.54 Å². The van der Waals surface area contributed by atoms with Crippen LogP contribution in [0.5, 0.6) is 5.75 Å². The summed E-state index contributed by atoms with van der Waals surface area (Å²) in [6.07, 6.45) is 6.83. The van der Waals surface area contributed by atoms with Gasteiger partial charge in [-0.05, 0) is 53.4 Å². The highest BCUT2D eigenvalue weighted by molar-refractivity contribution is 9.10. The molecule has 1 aromatic rings. The Labute approximate surface area is 130 Å². The van der Waals surface area contributed by atoms with Gasteiger partial charge in [-0.1, -0.05) is 25.3 Å². The smallest absolute Gasteiger partial charge is 0.133 e. The predicted molar refractivity (Wildman–Crippen MR) is 86.3 cm³/mol. The van der Waals surface area contributed by atoms with Gasteiger partial charge in [0.2, 0.25) is 0 Å². The molecule has 0 saturated heterocycles. The van der Waals surface area contributed by atoms with Gasteiger partial charge in [0.25, 0.3) is 0 Å². The molecule has 0 heterocycles. The fourth-order valence-corrected chi connectivity index (χ4v) is 3.04. The molecule has 0 aromatic heterocycles. The molecule has 1 N–H and O–H groups in total. The lowest BCUT2D eigenvalue weighted by Crippen LogP contribution is -2.30. The third kappa shape index (κ3) is 5.33. The zero-order valence-electron chi connectivity index (χ0n) is 11.5. The van der Waals surface area contributed by atoms with E-state index >= 15 is 0 Å². The summed E-state index contributed by atoms with van der Waals surface area (Å²) in [6, 6.07) is 7.06. The van der Waals surface area contributed by atoms with Crippen molar-refractivity contribution in [1.82, 2.24) is 5.32 Å². The molecular formula is C15H23BrClNO. The fourth-order valence-electron chi connectivity index (χ4n) is 2.50. The maximum Gasteiger partial charge on any atom is 0.133 e. The average molecular weight is 349 g/mol. The quantitative estimate of drug-likeness (QED) is 0.833. The lowest BCUT2D eigenvalue weighted by Gasteiger charge is -2.23. The molecule has 0 unspecified atom stereocenters. The maximum absolute atomic E-state index is 5.52. The molecule has 1 saturated carbocycles. The van der Waals surface area contributed by atoms with E-state index in [1.807, 2.05) is 13.0 Å². The van der Waals surface area contributed by atoms with Crippen molar-refractivity contribution in [3.05, 3.63) is 28.2 Å². The van der Waals surface area contributed by atoms with E-state index in [4.69, 9.17) is 4.74 Å². The highest BCUT2D eigenvalue weighted by Gasteiger charge is 2.12. The second-order valence-electron chi connectivity index (χ2n) is 4.91. The Morgan fingerprint density at radius 3 is 2.63 bits per heavy atom. The average Bonchev–Trinajstić information content (AvgIpc) is 2.41. The largest absolute Gasteiger partial charge is 0.493 e. The lowest BCUT2D eigenvalue weighted by atomic mass is 9.95. The first-order valence-corrected chi connectivity index (χ1v) is 7.73. The van der Waals surface area contributed by atoms with Crippen molar-refractivity contribution in [2.75, 3.05) is 6.61 Å². The Bertz CT molecular complexity index is 380. The number of hydrogen-bond acceptors (Lipinski definition) is 2. The fraction of sp³-hybridized carbons (Fsp3) is 0.600. The Morgan fingerprint density at radius 1 is 1.26 bits per heavy atom. The Hall–Kier alpha value is -0.250. The van der Waals surface area contributed by atoms with Crippen molar-refractivity contribution in [2.24, 2.45) is 0 Å². The first-order chi connectivity index (χ1) is 8.79. The molecular weight excluding hydrogens is 326 g/mol. The third-order valence-electron chi connectivity index (χ3n) is 3.50. The molecule has 2 rings (SSSR count). The van der Waals surface area contributed by atoms with Gasteiger partial charge >= 0.3 is 0 Å². The van der Waals surface area contributed by atoms with Gasteiger partial charge in [0.15, 0.2) is 0 Å². The van der Waals surface area contributed by atoms with Crippen molar-refractivity contribution in [3.8, 4) is 5.75 Å². The van der Waals surface area contributed by atoms with E-state index in [1.54, 1.807) is 0 Å². The van der Waals surface area contributed by atoms with Gasteiger partial charge in [-0.3, -0.25) is 0 Å². The summed E-state index contributed by atoms with van der Waals surface area (Å²) in [6.45, 7) is 3.67. The monoisotopic (exact) mass is 347 g/mol. The van der Waals surface area contributed by atoms with Crippen LogP contribution in [0.25, 0.3) is 0 Å². The first kappa shape index (κ1) is 16.8. The van der Waals surface area contributed by atoms with E-state index in [2.05, 4.69) is 33.4 Å². The second kappa shape index (κ2) is 8.83. The van der Waals surface area contributed by atoms with E-state index in [-0.39, 0.29) is 12.4 Å². The Morgan fingerprint density at radius 2 is 2.00 bits per heavy atom. The van der Waals surface area contributed by atoms with Crippen LogP contribution >= 0.6 is 28.3 Å². The van der Waals surface area contributed by atoms with Gasteiger partial charge in [-0.15, -0.1) is 12.4 Å². The molecule has 0 atom stereocenters. The van der Waals surface area contributed by atoms with E-state index in [9.17, 15) is 0 Å². The van der Waals surface area contributed by atoms with Gasteiger partial charge in [-0.2, -0.15) is 0 Å². The maximum atomic E-state index is 5.52. The van der Waals surface area contributed by atoms with Gasteiger partial charge < -0.3 is 10.1 Å². The first-order valence-electron chi connectivity index (χ1n) is 6.94. The number of halogens is 2.